The molecule has 0 aliphatic heterocycles. The topological polar surface area (TPSA) is 86.5 Å². The summed E-state index contributed by atoms with van der Waals surface area (Å²) in [6.45, 7) is 0.169. The molecule has 0 fully saturated rings. The standard InChI is InChI=1S/C15H11NO5/c17-9-14(18)12-6-7-15(13(8-12)16(19)20)21-10-11-4-2-1-3-5-11/h1-9H,10H2. The van der Waals surface area contributed by atoms with E-state index in [9.17, 15) is 19.7 Å². The zero-order valence-corrected chi connectivity index (χ0v) is 10.9. The maximum Gasteiger partial charge on any atom is 0.311 e. The van der Waals surface area contributed by atoms with E-state index in [1.165, 1.54) is 12.1 Å². The lowest BCUT2D eigenvalue weighted by molar-refractivity contribution is -0.386. The van der Waals surface area contributed by atoms with Crippen molar-refractivity contribution in [3.05, 3.63) is 69.8 Å². The lowest BCUT2D eigenvalue weighted by Gasteiger charge is -2.07. The molecule has 0 N–H and O–H groups in total. The average Bonchev–Trinajstić information content (AvgIpc) is 2.52. The van der Waals surface area contributed by atoms with Gasteiger partial charge in [-0.1, -0.05) is 30.3 Å². The number of ether oxygens (including phenoxy) is 1. The lowest BCUT2D eigenvalue weighted by Crippen LogP contribution is -2.03. The van der Waals surface area contributed by atoms with Crippen LogP contribution >= 0.6 is 0 Å². The summed E-state index contributed by atoms with van der Waals surface area (Å²) in [6.07, 6.45) is 0.115. The van der Waals surface area contributed by atoms with Gasteiger partial charge in [-0.25, -0.2) is 0 Å². The zero-order valence-electron chi connectivity index (χ0n) is 10.9. The molecule has 0 radical (unpaired) electrons. The van der Waals surface area contributed by atoms with Crippen LogP contribution in [-0.4, -0.2) is 17.0 Å². The first-order valence-electron chi connectivity index (χ1n) is 6.06. The number of Topliss-reactive ketones (excluding diaryl/α,β-unsaturated/α-hetero) is 1. The van der Waals surface area contributed by atoms with Gasteiger partial charge in [-0.15, -0.1) is 0 Å². The molecule has 0 aromatic heterocycles. The molecule has 106 valence electrons. The van der Waals surface area contributed by atoms with Crippen molar-refractivity contribution in [1.82, 2.24) is 0 Å². The van der Waals surface area contributed by atoms with Crippen LogP contribution in [0.3, 0.4) is 0 Å². The lowest BCUT2D eigenvalue weighted by atomic mass is 10.1. The number of aldehydes is 1. The summed E-state index contributed by atoms with van der Waals surface area (Å²) < 4.78 is 5.41. The highest BCUT2D eigenvalue weighted by Crippen LogP contribution is 2.28. The molecule has 0 saturated carbocycles. The van der Waals surface area contributed by atoms with Crippen LogP contribution in [-0.2, 0) is 11.4 Å². The van der Waals surface area contributed by atoms with Crippen molar-refractivity contribution in [2.24, 2.45) is 0 Å². The fourth-order valence-electron chi connectivity index (χ4n) is 1.74. The maximum atomic E-state index is 11.2. The number of nitrogens with zero attached hydrogens (tertiary/aromatic N) is 1. The van der Waals surface area contributed by atoms with Gasteiger partial charge in [0.05, 0.1) is 4.92 Å². The van der Waals surface area contributed by atoms with E-state index in [0.717, 1.165) is 11.6 Å². The second-order valence-corrected chi connectivity index (χ2v) is 4.20. The number of nitro benzene ring substituents is 1. The van der Waals surface area contributed by atoms with Crippen LogP contribution in [0.5, 0.6) is 5.75 Å². The number of rotatable bonds is 6. The molecule has 0 atom stereocenters. The summed E-state index contributed by atoms with van der Waals surface area (Å²) >= 11 is 0. The Morgan fingerprint density at radius 3 is 2.52 bits per heavy atom. The van der Waals surface area contributed by atoms with E-state index in [2.05, 4.69) is 0 Å². The Balaban J connectivity index is 2.24. The monoisotopic (exact) mass is 285 g/mol. The minimum absolute atomic E-state index is 0.0382. The van der Waals surface area contributed by atoms with Gasteiger partial charge in [0, 0.05) is 11.6 Å². The number of benzene rings is 2. The SMILES string of the molecule is O=CC(=O)c1ccc(OCc2ccccc2)c([N+](=O)[O-])c1. The Labute approximate surface area is 120 Å². The van der Waals surface area contributed by atoms with Gasteiger partial charge in [-0.2, -0.15) is 0 Å². The molecule has 0 heterocycles. The predicted molar refractivity (Wildman–Crippen MR) is 74.3 cm³/mol. The summed E-state index contributed by atoms with van der Waals surface area (Å²) in [5, 5.41) is 11.0. The van der Waals surface area contributed by atoms with Crippen LogP contribution in [0.15, 0.2) is 48.5 Å². The van der Waals surface area contributed by atoms with Gasteiger partial charge < -0.3 is 4.74 Å². The van der Waals surface area contributed by atoms with Gasteiger partial charge in [-0.3, -0.25) is 19.7 Å². The number of carbonyl (C=O) groups excluding carboxylic acids is 2. The van der Waals surface area contributed by atoms with E-state index in [1.54, 1.807) is 0 Å². The Morgan fingerprint density at radius 1 is 1.19 bits per heavy atom. The minimum atomic E-state index is -0.812. The van der Waals surface area contributed by atoms with Gasteiger partial charge in [0.25, 0.3) is 0 Å². The zero-order chi connectivity index (χ0) is 15.2. The van der Waals surface area contributed by atoms with Gasteiger partial charge in [-0.05, 0) is 17.7 Å². The van der Waals surface area contributed by atoms with Gasteiger partial charge in [0.2, 0.25) is 5.78 Å². The highest BCUT2D eigenvalue weighted by Gasteiger charge is 2.18. The first kappa shape index (κ1) is 14.4. The van der Waals surface area contributed by atoms with Gasteiger partial charge in [0.1, 0.15) is 6.61 Å². The molecular weight excluding hydrogens is 274 g/mol. The minimum Gasteiger partial charge on any atom is -0.482 e. The largest absolute Gasteiger partial charge is 0.482 e. The fourth-order valence-corrected chi connectivity index (χ4v) is 1.74. The second-order valence-electron chi connectivity index (χ2n) is 4.20. The third-order valence-corrected chi connectivity index (χ3v) is 2.78. The molecule has 0 saturated heterocycles. The molecule has 0 aliphatic rings. The number of carbonyl (C=O) groups is 2. The van der Waals surface area contributed by atoms with Crippen LogP contribution in [0.25, 0.3) is 0 Å². The Kier molecular flexibility index (Phi) is 4.40. The molecule has 0 aliphatic carbocycles. The summed E-state index contributed by atoms with van der Waals surface area (Å²) in [6, 6.07) is 12.9. The number of hydrogen-bond donors (Lipinski definition) is 0. The molecule has 0 unspecified atom stereocenters. The van der Waals surface area contributed by atoms with Crippen molar-refractivity contribution >= 4 is 17.8 Å². The highest BCUT2D eigenvalue weighted by atomic mass is 16.6. The Hall–Kier alpha value is -3.02. The Morgan fingerprint density at radius 2 is 1.90 bits per heavy atom. The first-order valence-corrected chi connectivity index (χ1v) is 6.06. The smallest absolute Gasteiger partial charge is 0.311 e. The van der Waals surface area contributed by atoms with Gasteiger partial charge in [0.15, 0.2) is 12.0 Å². The van der Waals surface area contributed by atoms with Crippen molar-refractivity contribution in [1.29, 1.82) is 0 Å². The van der Waals surface area contributed by atoms with E-state index in [0.29, 0.717) is 0 Å². The van der Waals surface area contributed by atoms with E-state index in [1.807, 2.05) is 30.3 Å². The summed E-state index contributed by atoms with van der Waals surface area (Å²) in [7, 11) is 0. The Bertz CT molecular complexity index is 682. The van der Waals surface area contributed by atoms with Crippen LogP contribution in [0.2, 0.25) is 0 Å². The predicted octanol–water partition coefficient (Wildman–Crippen LogP) is 2.56. The highest BCUT2D eigenvalue weighted by molar-refractivity contribution is 6.33. The van der Waals surface area contributed by atoms with Crippen molar-refractivity contribution in [3.8, 4) is 5.75 Å². The molecule has 6 heteroatoms. The molecular formula is C15H11NO5. The maximum absolute atomic E-state index is 11.2. The van der Waals surface area contributed by atoms with E-state index in [4.69, 9.17) is 4.74 Å². The molecule has 21 heavy (non-hydrogen) atoms. The fraction of sp³-hybridized carbons (Fsp3) is 0.0667. The molecule has 2 aromatic rings. The number of ketones is 1. The second kappa shape index (κ2) is 6.42. The third kappa shape index (κ3) is 3.50. The van der Waals surface area contributed by atoms with Crippen LogP contribution in [0.4, 0.5) is 5.69 Å². The quantitative estimate of drug-likeness (QED) is 0.267. The summed E-state index contributed by atoms with van der Waals surface area (Å²) in [4.78, 5) is 32.1. The van der Waals surface area contributed by atoms with Crippen LogP contribution in [0, 0.1) is 10.1 Å². The van der Waals surface area contributed by atoms with E-state index < -0.39 is 10.7 Å². The summed E-state index contributed by atoms with van der Waals surface area (Å²) in [5.41, 5.74) is 0.474. The van der Waals surface area contributed by atoms with Crippen LogP contribution in [0.1, 0.15) is 15.9 Å². The third-order valence-electron chi connectivity index (χ3n) is 2.78. The number of nitro groups is 1. The van der Waals surface area contributed by atoms with E-state index in [-0.39, 0.29) is 29.9 Å². The molecule has 6 nitrogen and oxygen atoms in total. The van der Waals surface area contributed by atoms with E-state index >= 15 is 0 Å². The van der Waals surface area contributed by atoms with Crippen LogP contribution < -0.4 is 4.74 Å². The molecule has 2 rings (SSSR count). The summed E-state index contributed by atoms with van der Waals surface area (Å²) in [5.74, 6) is -0.765. The normalized spacial score (nSPS) is 9.90. The first-order chi connectivity index (χ1) is 10.1. The molecule has 2 aromatic carbocycles. The van der Waals surface area contributed by atoms with Crippen molar-refractivity contribution in [2.45, 2.75) is 6.61 Å². The van der Waals surface area contributed by atoms with Gasteiger partial charge >= 0.3 is 5.69 Å². The van der Waals surface area contributed by atoms with Crippen molar-refractivity contribution in [2.75, 3.05) is 0 Å². The molecule has 0 spiro atoms. The number of hydrogen-bond acceptors (Lipinski definition) is 5. The van der Waals surface area contributed by atoms with Crippen molar-refractivity contribution < 1.29 is 19.2 Å². The van der Waals surface area contributed by atoms with Crippen molar-refractivity contribution in [3.63, 3.8) is 0 Å². The molecule has 0 amide bonds. The molecule has 0 bridgehead atoms. The average molecular weight is 285 g/mol.